The van der Waals surface area contributed by atoms with E-state index in [9.17, 15) is 0 Å². The summed E-state index contributed by atoms with van der Waals surface area (Å²) in [7, 11) is 1.83. The van der Waals surface area contributed by atoms with Crippen molar-refractivity contribution in [3.05, 3.63) is 20.8 Å². The average molecular weight is 530 g/mol. The van der Waals surface area contributed by atoms with Gasteiger partial charge in [-0.05, 0) is 59.7 Å². The van der Waals surface area contributed by atoms with Gasteiger partial charge in [0.05, 0.1) is 10.3 Å². The highest BCUT2D eigenvalue weighted by molar-refractivity contribution is 14.0. The lowest BCUT2D eigenvalue weighted by atomic mass is 9.83. The topological polar surface area (TPSA) is 45.6 Å². The number of halogens is 2. The van der Waals surface area contributed by atoms with Gasteiger partial charge in [-0.2, -0.15) is 0 Å². The third-order valence-corrected chi connectivity index (χ3v) is 6.18. The molecule has 1 aromatic rings. The van der Waals surface area contributed by atoms with Crippen LogP contribution in [0.3, 0.4) is 0 Å². The number of nitrogens with zero attached hydrogens (tertiary/aromatic N) is 1. The Labute approximate surface area is 175 Å². The monoisotopic (exact) mass is 529 g/mol. The van der Waals surface area contributed by atoms with Gasteiger partial charge in [0.25, 0.3) is 0 Å². The van der Waals surface area contributed by atoms with Crippen LogP contribution in [0.15, 0.2) is 20.9 Å². The number of hydrogen-bond donors (Lipinski definition) is 2. The van der Waals surface area contributed by atoms with Gasteiger partial charge in [0.1, 0.15) is 0 Å². The van der Waals surface area contributed by atoms with Crippen LogP contribution < -0.4 is 10.6 Å². The van der Waals surface area contributed by atoms with E-state index in [4.69, 9.17) is 4.74 Å². The number of guanidine groups is 1. The van der Waals surface area contributed by atoms with Crippen molar-refractivity contribution in [2.24, 2.45) is 10.4 Å². The van der Waals surface area contributed by atoms with Gasteiger partial charge in [0.2, 0.25) is 0 Å². The summed E-state index contributed by atoms with van der Waals surface area (Å²) < 4.78 is 6.75. The Morgan fingerprint density at radius 3 is 2.67 bits per heavy atom. The van der Waals surface area contributed by atoms with E-state index in [1.807, 2.05) is 7.05 Å². The van der Waals surface area contributed by atoms with Crippen molar-refractivity contribution in [1.82, 2.24) is 10.6 Å². The minimum Gasteiger partial charge on any atom is -0.382 e. The van der Waals surface area contributed by atoms with E-state index in [2.05, 4.69) is 50.6 Å². The fraction of sp³-hybridized carbons (Fsp3) is 0.706. The van der Waals surface area contributed by atoms with Gasteiger partial charge in [-0.15, -0.1) is 35.3 Å². The van der Waals surface area contributed by atoms with Crippen molar-refractivity contribution in [3.63, 3.8) is 0 Å². The van der Waals surface area contributed by atoms with Crippen LogP contribution in [0.2, 0.25) is 0 Å². The van der Waals surface area contributed by atoms with Gasteiger partial charge in [-0.1, -0.05) is 12.8 Å². The third kappa shape index (κ3) is 7.17. The predicted molar refractivity (Wildman–Crippen MR) is 118 cm³/mol. The summed E-state index contributed by atoms with van der Waals surface area (Å²) in [4.78, 5) is 5.65. The molecule has 0 amide bonds. The summed E-state index contributed by atoms with van der Waals surface area (Å²) in [6, 6.07) is 4.22. The van der Waals surface area contributed by atoms with Gasteiger partial charge in [-0.25, -0.2) is 0 Å². The Hall–Kier alpha value is 0.140. The van der Waals surface area contributed by atoms with E-state index >= 15 is 0 Å². The second kappa shape index (κ2) is 11.7. The van der Waals surface area contributed by atoms with E-state index in [-0.39, 0.29) is 24.0 Å². The van der Waals surface area contributed by atoms with E-state index in [1.54, 1.807) is 11.3 Å². The fourth-order valence-electron chi connectivity index (χ4n) is 3.18. The molecule has 2 N–H and O–H groups in total. The number of aliphatic imine (C=N–C) groups is 1. The highest BCUT2D eigenvalue weighted by Crippen LogP contribution is 2.40. The lowest BCUT2D eigenvalue weighted by Gasteiger charge is -2.30. The molecule has 24 heavy (non-hydrogen) atoms. The molecule has 1 fully saturated rings. The highest BCUT2D eigenvalue weighted by Gasteiger charge is 2.33. The Morgan fingerprint density at radius 2 is 2.08 bits per heavy atom. The Morgan fingerprint density at radius 1 is 1.33 bits per heavy atom. The van der Waals surface area contributed by atoms with Crippen molar-refractivity contribution in [3.8, 4) is 0 Å². The van der Waals surface area contributed by atoms with E-state index < -0.39 is 0 Å². The van der Waals surface area contributed by atoms with Gasteiger partial charge in [-0.3, -0.25) is 4.99 Å². The van der Waals surface area contributed by atoms with Crippen LogP contribution >= 0.6 is 51.2 Å². The molecule has 138 valence electrons. The predicted octanol–water partition coefficient (Wildman–Crippen LogP) is 4.78. The molecular formula is C17H29BrIN3OS. The summed E-state index contributed by atoms with van der Waals surface area (Å²) in [5.74, 6) is 0.886. The molecule has 1 saturated carbocycles. The first kappa shape index (κ1) is 22.2. The number of hydrogen-bond acceptors (Lipinski definition) is 3. The Bertz CT molecular complexity index is 504. The molecular weight excluding hydrogens is 501 g/mol. The maximum Gasteiger partial charge on any atom is 0.191 e. The largest absolute Gasteiger partial charge is 0.382 e. The quantitative estimate of drug-likeness (QED) is 0.220. The second-order valence-electron chi connectivity index (χ2n) is 6.14. The van der Waals surface area contributed by atoms with Crippen molar-refractivity contribution >= 4 is 57.2 Å². The van der Waals surface area contributed by atoms with Gasteiger partial charge < -0.3 is 15.4 Å². The first-order valence-corrected chi connectivity index (χ1v) is 10.0. The normalized spacial score (nSPS) is 16.7. The molecule has 4 nitrogen and oxygen atoms in total. The minimum atomic E-state index is 0. The van der Waals surface area contributed by atoms with Crippen LogP contribution in [0, 0.1) is 5.41 Å². The van der Waals surface area contributed by atoms with Crippen molar-refractivity contribution in [2.75, 3.05) is 26.8 Å². The lowest BCUT2D eigenvalue weighted by Crippen LogP contribution is -2.43. The SMILES string of the molecule is CCOCCC1(CNC(=NC)NCc2ccc(Br)s2)CCCC1.I. The molecule has 1 aromatic heterocycles. The molecule has 0 aliphatic heterocycles. The summed E-state index contributed by atoms with van der Waals surface area (Å²) in [5.41, 5.74) is 0.374. The molecule has 0 aromatic carbocycles. The molecule has 0 atom stereocenters. The second-order valence-corrected chi connectivity index (χ2v) is 8.69. The molecule has 1 aliphatic carbocycles. The molecule has 0 spiro atoms. The summed E-state index contributed by atoms with van der Waals surface area (Å²) in [5, 5.41) is 6.94. The van der Waals surface area contributed by atoms with Crippen LogP contribution in [0.1, 0.15) is 43.9 Å². The lowest BCUT2D eigenvalue weighted by molar-refractivity contribution is 0.105. The highest BCUT2D eigenvalue weighted by atomic mass is 127. The van der Waals surface area contributed by atoms with E-state index in [1.165, 1.54) is 30.6 Å². The van der Waals surface area contributed by atoms with E-state index in [0.29, 0.717) is 5.41 Å². The van der Waals surface area contributed by atoms with Crippen LogP contribution in [-0.4, -0.2) is 32.8 Å². The smallest absolute Gasteiger partial charge is 0.191 e. The van der Waals surface area contributed by atoms with Crippen LogP contribution in [-0.2, 0) is 11.3 Å². The summed E-state index contributed by atoms with van der Waals surface area (Å²) in [6.07, 6.45) is 6.40. The third-order valence-electron chi connectivity index (χ3n) is 4.56. The van der Waals surface area contributed by atoms with Gasteiger partial charge in [0.15, 0.2) is 5.96 Å². The molecule has 0 saturated heterocycles. The maximum atomic E-state index is 5.58. The zero-order chi connectivity index (χ0) is 16.5. The average Bonchev–Trinajstić information content (AvgIpc) is 3.18. The molecule has 0 bridgehead atoms. The van der Waals surface area contributed by atoms with Gasteiger partial charge in [0, 0.05) is 31.7 Å². The van der Waals surface area contributed by atoms with Gasteiger partial charge >= 0.3 is 0 Å². The van der Waals surface area contributed by atoms with Crippen molar-refractivity contribution < 1.29 is 4.74 Å². The number of nitrogens with one attached hydrogen (secondary N) is 2. The van der Waals surface area contributed by atoms with Crippen LogP contribution in [0.25, 0.3) is 0 Å². The first-order chi connectivity index (χ1) is 11.2. The Kier molecular flexibility index (Phi) is 10.8. The minimum absolute atomic E-state index is 0. The number of rotatable bonds is 8. The standard InChI is InChI=1S/C17H28BrN3OS.HI/c1-3-22-11-10-17(8-4-5-9-17)13-21-16(19-2)20-12-14-6-7-15(18)23-14;/h6-7H,3-5,8-13H2,1-2H3,(H2,19,20,21);1H. The Balaban J connectivity index is 0.00000288. The number of ether oxygens (including phenoxy) is 1. The van der Waals surface area contributed by atoms with Crippen molar-refractivity contribution in [2.45, 2.75) is 45.6 Å². The summed E-state index contributed by atoms with van der Waals surface area (Å²) >= 11 is 5.25. The molecule has 1 aliphatic rings. The zero-order valence-electron chi connectivity index (χ0n) is 14.6. The number of thiophene rings is 1. The van der Waals surface area contributed by atoms with Crippen LogP contribution in [0.4, 0.5) is 0 Å². The van der Waals surface area contributed by atoms with E-state index in [0.717, 1.165) is 42.5 Å². The zero-order valence-corrected chi connectivity index (χ0v) is 19.3. The first-order valence-electron chi connectivity index (χ1n) is 8.44. The molecule has 2 rings (SSSR count). The van der Waals surface area contributed by atoms with Crippen molar-refractivity contribution in [1.29, 1.82) is 0 Å². The summed E-state index contributed by atoms with van der Waals surface area (Å²) in [6.45, 7) is 5.53. The molecule has 1 heterocycles. The fourth-order valence-corrected chi connectivity index (χ4v) is 4.61. The molecule has 0 unspecified atom stereocenters. The van der Waals surface area contributed by atoms with Crippen LogP contribution in [0.5, 0.6) is 0 Å². The molecule has 0 radical (unpaired) electrons. The molecule has 7 heteroatoms. The maximum absolute atomic E-state index is 5.58.